The Kier molecular flexibility index (Phi) is 6.60. The van der Waals surface area contributed by atoms with Crippen molar-refractivity contribution >= 4 is 11.8 Å². The molecule has 2 amide bonds. The van der Waals surface area contributed by atoms with E-state index >= 15 is 0 Å². The van der Waals surface area contributed by atoms with Gasteiger partial charge in [0, 0.05) is 12.1 Å². The molecule has 2 N–H and O–H groups in total. The third kappa shape index (κ3) is 5.17. The van der Waals surface area contributed by atoms with Crippen LogP contribution in [0.4, 0.5) is 0 Å². The van der Waals surface area contributed by atoms with E-state index in [0.29, 0.717) is 12.1 Å². The van der Waals surface area contributed by atoms with E-state index in [4.69, 9.17) is 0 Å². The predicted molar refractivity (Wildman–Crippen MR) is 107 cm³/mol. The van der Waals surface area contributed by atoms with Crippen LogP contribution in [0.5, 0.6) is 0 Å². The first kappa shape index (κ1) is 19.1. The minimum absolute atomic E-state index is 0.0192. The molecule has 1 aliphatic heterocycles. The summed E-state index contributed by atoms with van der Waals surface area (Å²) < 4.78 is 0. The largest absolute Gasteiger partial charge is 0.353 e. The van der Waals surface area contributed by atoms with Gasteiger partial charge in [0.25, 0.3) is 5.91 Å². The van der Waals surface area contributed by atoms with E-state index < -0.39 is 0 Å². The smallest absolute Gasteiger partial charge is 0.251 e. The van der Waals surface area contributed by atoms with E-state index in [1.807, 2.05) is 43.3 Å². The molecule has 1 unspecified atom stereocenters. The van der Waals surface area contributed by atoms with Gasteiger partial charge in [0.05, 0.1) is 12.6 Å². The van der Waals surface area contributed by atoms with E-state index in [9.17, 15) is 9.59 Å². The van der Waals surface area contributed by atoms with Crippen LogP contribution in [0.1, 0.15) is 40.4 Å². The summed E-state index contributed by atoms with van der Waals surface area (Å²) in [6.07, 6.45) is 2.40. The highest BCUT2D eigenvalue weighted by Gasteiger charge is 2.23. The average Bonchev–Trinajstić information content (AvgIpc) is 3.22. The van der Waals surface area contributed by atoms with Crippen molar-refractivity contribution in [2.24, 2.45) is 0 Å². The highest BCUT2D eigenvalue weighted by Crippen LogP contribution is 2.24. The second-order valence-electron chi connectivity index (χ2n) is 6.97. The van der Waals surface area contributed by atoms with Crippen molar-refractivity contribution in [3.8, 4) is 0 Å². The molecule has 0 aliphatic carbocycles. The first-order chi connectivity index (χ1) is 13.1. The maximum Gasteiger partial charge on any atom is 0.251 e. The van der Waals surface area contributed by atoms with Gasteiger partial charge < -0.3 is 10.6 Å². The molecule has 27 heavy (non-hydrogen) atoms. The van der Waals surface area contributed by atoms with Crippen molar-refractivity contribution in [2.45, 2.75) is 25.8 Å². The quantitative estimate of drug-likeness (QED) is 0.793. The van der Waals surface area contributed by atoms with Gasteiger partial charge in [-0.2, -0.15) is 0 Å². The predicted octanol–water partition coefficient (Wildman–Crippen LogP) is 2.68. The van der Waals surface area contributed by atoms with Crippen LogP contribution in [0.2, 0.25) is 0 Å². The Hall–Kier alpha value is -2.66. The molecule has 1 saturated heterocycles. The monoisotopic (exact) mass is 365 g/mol. The van der Waals surface area contributed by atoms with Crippen LogP contribution in [0, 0.1) is 6.92 Å². The van der Waals surface area contributed by atoms with Gasteiger partial charge in [0.1, 0.15) is 0 Å². The molecular formula is C22H27N3O2. The highest BCUT2D eigenvalue weighted by molar-refractivity contribution is 5.97. The molecule has 5 heteroatoms. The highest BCUT2D eigenvalue weighted by atomic mass is 16.2. The second kappa shape index (κ2) is 9.33. The number of benzene rings is 2. The van der Waals surface area contributed by atoms with Crippen molar-refractivity contribution in [3.63, 3.8) is 0 Å². The molecule has 1 fully saturated rings. The van der Waals surface area contributed by atoms with Crippen LogP contribution in [0.25, 0.3) is 0 Å². The van der Waals surface area contributed by atoms with Gasteiger partial charge in [-0.15, -0.1) is 0 Å². The molecule has 1 atom stereocenters. The maximum absolute atomic E-state index is 12.3. The Morgan fingerprint density at radius 3 is 2.33 bits per heavy atom. The van der Waals surface area contributed by atoms with Gasteiger partial charge >= 0.3 is 0 Å². The minimum Gasteiger partial charge on any atom is -0.353 e. The Bertz CT molecular complexity index is 770. The fourth-order valence-corrected chi connectivity index (χ4v) is 3.54. The van der Waals surface area contributed by atoms with Gasteiger partial charge in [0.2, 0.25) is 5.91 Å². The van der Waals surface area contributed by atoms with Crippen LogP contribution < -0.4 is 10.6 Å². The molecule has 1 aliphatic rings. The molecule has 1 heterocycles. The fraction of sp³-hybridized carbons (Fsp3) is 0.364. The summed E-state index contributed by atoms with van der Waals surface area (Å²) in [6, 6.07) is 17.8. The van der Waals surface area contributed by atoms with Crippen LogP contribution >= 0.6 is 0 Å². The minimum atomic E-state index is -0.220. The lowest BCUT2D eigenvalue weighted by Gasteiger charge is -2.28. The Morgan fingerprint density at radius 2 is 1.63 bits per heavy atom. The number of hydrogen-bond acceptors (Lipinski definition) is 3. The van der Waals surface area contributed by atoms with E-state index in [0.717, 1.165) is 18.7 Å². The average molecular weight is 365 g/mol. The van der Waals surface area contributed by atoms with E-state index in [2.05, 4.69) is 27.7 Å². The number of nitrogens with one attached hydrogen (secondary N) is 2. The van der Waals surface area contributed by atoms with E-state index in [1.165, 1.54) is 18.4 Å². The lowest BCUT2D eigenvalue weighted by atomic mass is 10.1. The molecule has 0 radical (unpaired) electrons. The standard InChI is InChI=1S/C22H27N3O2/c1-17-9-5-6-12-19(17)22(27)24-16-21(26)23-15-20(25-13-7-8-14-25)18-10-3-2-4-11-18/h2-6,9-12,20H,7-8,13-16H2,1H3,(H,23,26)(H,24,27). The summed E-state index contributed by atoms with van der Waals surface area (Å²) in [4.78, 5) is 26.9. The normalized spacial score (nSPS) is 15.3. The van der Waals surface area contributed by atoms with Gasteiger partial charge in [-0.3, -0.25) is 14.5 Å². The zero-order valence-corrected chi connectivity index (χ0v) is 15.8. The number of rotatable bonds is 7. The lowest BCUT2D eigenvalue weighted by molar-refractivity contribution is -0.120. The molecule has 5 nitrogen and oxygen atoms in total. The summed E-state index contributed by atoms with van der Waals surface area (Å²) in [6.45, 7) is 4.52. The molecule has 142 valence electrons. The number of carbonyl (C=O) groups excluding carboxylic acids is 2. The van der Waals surface area contributed by atoms with Crippen LogP contribution in [0.3, 0.4) is 0 Å². The van der Waals surface area contributed by atoms with Crippen LogP contribution in [0.15, 0.2) is 54.6 Å². The Labute approximate surface area is 160 Å². The molecular weight excluding hydrogens is 338 g/mol. The second-order valence-corrected chi connectivity index (χ2v) is 6.97. The van der Waals surface area contributed by atoms with Gasteiger partial charge in [-0.1, -0.05) is 48.5 Å². The zero-order valence-electron chi connectivity index (χ0n) is 15.8. The van der Waals surface area contributed by atoms with Crippen molar-refractivity contribution < 1.29 is 9.59 Å². The van der Waals surface area contributed by atoms with Gasteiger partial charge in [0.15, 0.2) is 0 Å². The van der Waals surface area contributed by atoms with Crippen molar-refractivity contribution in [1.29, 1.82) is 0 Å². The molecule has 0 bridgehead atoms. The molecule has 0 saturated carbocycles. The number of carbonyl (C=O) groups is 2. The third-order valence-electron chi connectivity index (χ3n) is 5.06. The molecule has 0 spiro atoms. The van der Waals surface area contributed by atoms with Crippen molar-refractivity contribution in [2.75, 3.05) is 26.2 Å². The molecule has 2 aromatic carbocycles. The lowest BCUT2D eigenvalue weighted by Crippen LogP contribution is -2.41. The SMILES string of the molecule is Cc1ccccc1C(=O)NCC(=O)NCC(c1ccccc1)N1CCCC1. The summed E-state index contributed by atoms with van der Waals surface area (Å²) in [5.74, 6) is -0.389. The fourth-order valence-electron chi connectivity index (χ4n) is 3.54. The number of likely N-dealkylation sites (tertiary alicyclic amines) is 1. The number of amides is 2. The molecule has 3 rings (SSSR count). The number of hydrogen-bond donors (Lipinski definition) is 2. The summed E-state index contributed by atoms with van der Waals surface area (Å²) in [7, 11) is 0. The number of nitrogens with zero attached hydrogens (tertiary/aromatic N) is 1. The van der Waals surface area contributed by atoms with Crippen molar-refractivity contribution in [3.05, 3.63) is 71.3 Å². The first-order valence-corrected chi connectivity index (χ1v) is 9.54. The maximum atomic E-state index is 12.3. The van der Waals surface area contributed by atoms with Crippen LogP contribution in [-0.4, -0.2) is 42.9 Å². The third-order valence-corrected chi connectivity index (χ3v) is 5.06. The molecule has 2 aromatic rings. The van der Waals surface area contributed by atoms with Gasteiger partial charge in [-0.25, -0.2) is 0 Å². The zero-order chi connectivity index (χ0) is 19.1. The van der Waals surface area contributed by atoms with E-state index in [-0.39, 0.29) is 24.4 Å². The molecule has 0 aromatic heterocycles. The summed E-state index contributed by atoms with van der Waals surface area (Å²) >= 11 is 0. The topological polar surface area (TPSA) is 61.4 Å². The first-order valence-electron chi connectivity index (χ1n) is 9.54. The Balaban J connectivity index is 1.53. The summed E-state index contributed by atoms with van der Waals surface area (Å²) in [5.41, 5.74) is 2.71. The number of aryl methyl sites for hydroxylation is 1. The van der Waals surface area contributed by atoms with Crippen LogP contribution in [-0.2, 0) is 4.79 Å². The Morgan fingerprint density at radius 1 is 0.963 bits per heavy atom. The van der Waals surface area contributed by atoms with E-state index in [1.54, 1.807) is 6.07 Å². The van der Waals surface area contributed by atoms with Crippen molar-refractivity contribution in [1.82, 2.24) is 15.5 Å². The summed E-state index contributed by atoms with van der Waals surface area (Å²) in [5, 5.41) is 5.69. The van der Waals surface area contributed by atoms with Gasteiger partial charge in [-0.05, 0) is 50.0 Å².